The number of hydrogen-bond donors (Lipinski definition) is 0. The lowest BCUT2D eigenvalue weighted by atomic mass is 10.1. The van der Waals surface area contributed by atoms with Gasteiger partial charge in [-0.3, -0.25) is 9.38 Å². The van der Waals surface area contributed by atoms with E-state index in [9.17, 15) is 0 Å². The summed E-state index contributed by atoms with van der Waals surface area (Å²) < 4.78 is 18.7. The predicted octanol–water partition coefficient (Wildman–Crippen LogP) is 3.52. The Bertz CT molecular complexity index is 1200. The highest BCUT2D eigenvalue weighted by molar-refractivity contribution is 5.69. The summed E-state index contributed by atoms with van der Waals surface area (Å²) in [6.45, 7) is 1.88. The van der Waals surface area contributed by atoms with Crippen LogP contribution in [0, 0.1) is 0 Å². The van der Waals surface area contributed by atoms with E-state index in [1.54, 1.807) is 12.4 Å². The largest absolute Gasteiger partial charge is 0.478 e. The van der Waals surface area contributed by atoms with Crippen molar-refractivity contribution in [2.24, 2.45) is 0 Å². The molecule has 0 saturated carbocycles. The Kier molecular flexibility index (Phi) is 5.13. The molecule has 0 aliphatic carbocycles. The minimum atomic E-state index is 0.252. The standard InChI is InChI=1S/C23H23N5O3/c1-27(2)8-3-9-29-23-7-5-17(11-26-23)18-14-28-19(12-25-22(28)13-24-18)16-4-6-20-21(10-16)31-15-30-20/h4-7,10-14H,3,8-9,15H2,1-2H3. The molecule has 4 heterocycles. The molecular formula is C23H23N5O3. The van der Waals surface area contributed by atoms with Gasteiger partial charge in [-0.1, -0.05) is 0 Å². The Balaban J connectivity index is 1.38. The molecule has 4 aromatic rings. The number of pyridine rings is 1. The van der Waals surface area contributed by atoms with E-state index in [0.717, 1.165) is 52.6 Å². The topological polar surface area (TPSA) is 74.0 Å². The second kappa shape index (κ2) is 8.23. The number of benzene rings is 1. The van der Waals surface area contributed by atoms with Crippen LogP contribution in [0.5, 0.6) is 17.4 Å². The Morgan fingerprint density at radius 3 is 2.68 bits per heavy atom. The smallest absolute Gasteiger partial charge is 0.231 e. The monoisotopic (exact) mass is 417 g/mol. The van der Waals surface area contributed by atoms with Gasteiger partial charge in [0.2, 0.25) is 12.7 Å². The van der Waals surface area contributed by atoms with Gasteiger partial charge in [0.05, 0.1) is 30.4 Å². The van der Waals surface area contributed by atoms with Crippen molar-refractivity contribution in [1.29, 1.82) is 0 Å². The molecule has 0 spiro atoms. The minimum Gasteiger partial charge on any atom is -0.478 e. The van der Waals surface area contributed by atoms with E-state index in [1.807, 2.05) is 47.1 Å². The van der Waals surface area contributed by atoms with Crippen LogP contribution in [0.1, 0.15) is 6.42 Å². The van der Waals surface area contributed by atoms with Gasteiger partial charge in [-0.15, -0.1) is 0 Å². The van der Waals surface area contributed by atoms with Crippen molar-refractivity contribution in [1.82, 2.24) is 24.3 Å². The summed E-state index contributed by atoms with van der Waals surface area (Å²) >= 11 is 0. The molecule has 0 fully saturated rings. The number of hydrogen-bond acceptors (Lipinski definition) is 7. The Hall–Kier alpha value is -3.65. The van der Waals surface area contributed by atoms with E-state index in [4.69, 9.17) is 14.2 Å². The maximum Gasteiger partial charge on any atom is 0.231 e. The molecule has 0 amide bonds. The molecule has 1 aliphatic heterocycles. The summed E-state index contributed by atoms with van der Waals surface area (Å²) in [5, 5.41) is 0. The number of imidazole rings is 1. The summed E-state index contributed by atoms with van der Waals surface area (Å²) in [6.07, 6.45) is 8.31. The number of fused-ring (bicyclic) bond motifs is 2. The normalized spacial score (nSPS) is 12.6. The third-order valence-corrected chi connectivity index (χ3v) is 5.10. The second-order valence-electron chi connectivity index (χ2n) is 7.60. The molecule has 0 bridgehead atoms. The van der Waals surface area contributed by atoms with E-state index in [2.05, 4.69) is 33.9 Å². The average molecular weight is 417 g/mol. The molecule has 1 aromatic carbocycles. The van der Waals surface area contributed by atoms with Gasteiger partial charge in [-0.05, 0) is 44.8 Å². The van der Waals surface area contributed by atoms with Crippen molar-refractivity contribution in [2.45, 2.75) is 6.42 Å². The van der Waals surface area contributed by atoms with Crippen molar-refractivity contribution in [2.75, 3.05) is 34.0 Å². The fourth-order valence-corrected chi connectivity index (χ4v) is 3.48. The molecule has 8 nitrogen and oxygen atoms in total. The summed E-state index contributed by atoms with van der Waals surface area (Å²) in [6, 6.07) is 9.74. The van der Waals surface area contributed by atoms with E-state index in [1.165, 1.54) is 0 Å². The Morgan fingerprint density at radius 1 is 0.968 bits per heavy atom. The first-order valence-corrected chi connectivity index (χ1v) is 10.1. The third-order valence-electron chi connectivity index (χ3n) is 5.10. The van der Waals surface area contributed by atoms with E-state index < -0.39 is 0 Å². The predicted molar refractivity (Wildman–Crippen MR) is 116 cm³/mol. The van der Waals surface area contributed by atoms with Crippen LogP contribution in [0.3, 0.4) is 0 Å². The maximum absolute atomic E-state index is 5.72. The van der Waals surface area contributed by atoms with Gasteiger partial charge < -0.3 is 19.1 Å². The fourth-order valence-electron chi connectivity index (χ4n) is 3.48. The van der Waals surface area contributed by atoms with Gasteiger partial charge in [0.15, 0.2) is 17.1 Å². The van der Waals surface area contributed by atoms with E-state index in [0.29, 0.717) is 12.5 Å². The van der Waals surface area contributed by atoms with Gasteiger partial charge >= 0.3 is 0 Å². The number of nitrogens with zero attached hydrogens (tertiary/aromatic N) is 5. The van der Waals surface area contributed by atoms with Crippen LogP contribution in [0.15, 0.2) is 55.1 Å². The molecule has 5 rings (SSSR count). The first kappa shape index (κ1) is 19.3. The van der Waals surface area contributed by atoms with Crippen molar-refractivity contribution < 1.29 is 14.2 Å². The van der Waals surface area contributed by atoms with Crippen LogP contribution in [0.4, 0.5) is 0 Å². The molecule has 0 radical (unpaired) electrons. The Morgan fingerprint density at radius 2 is 1.84 bits per heavy atom. The molecule has 0 unspecified atom stereocenters. The van der Waals surface area contributed by atoms with Crippen LogP contribution in [-0.4, -0.2) is 58.3 Å². The van der Waals surface area contributed by atoms with Crippen molar-refractivity contribution in [3.63, 3.8) is 0 Å². The molecule has 8 heteroatoms. The Labute approximate surface area is 180 Å². The first-order valence-electron chi connectivity index (χ1n) is 10.1. The van der Waals surface area contributed by atoms with Crippen molar-refractivity contribution in [3.8, 4) is 39.9 Å². The zero-order valence-corrected chi connectivity index (χ0v) is 17.5. The van der Waals surface area contributed by atoms with Gasteiger partial charge in [0.25, 0.3) is 0 Å². The highest BCUT2D eigenvalue weighted by Gasteiger charge is 2.16. The van der Waals surface area contributed by atoms with Gasteiger partial charge in [0, 0.05) is 36.1 Å². The molecular weight excluding hydrogens is 394 g/mol. The fraction of sp³-hybridized carbons (Fsp3) is 0.261. The number of ether oxygens (including phenoxy) is 3. The van der Waals surface area contributed by atoms with Gasteiger partial charge in [0.1, 0.15) is 0 Å². The molecule has 0 N–H and O–H groups in total. The van der Waals surface area contributed by atoms with Crippen LogP contribution in [0.25, 0.3) is 28.2 Å². The third kappa shape index (κ3) is 4.02. The lowest BCUT2D eigenvalue weighted by Gasteiger charge is -2.10. The zero-order valence-electron chi connectivity index (χ0n) is 17.5. The van der Waals surface area contributed by atoms with Crippen molar-refractivity contribution >= 4 is 5.65 Å². The van der Waals surface area contributed by atoms with Crippen LogP contribution in [0.2, 0.25) is 0 Å². The van der Waals surface area contributed by atoms with Crippen LogP contribution in [-0.2, 0) is 0 Å². The summed E-state index contributed by atoms with van der Waals surface area (Å²) in [5.41, 5.74) is 4.43. The van der Waals surface area contributed by atoms with Gasteiger partial charge in [-0.2, -0.15) is 0 Å². The molecule has 1 aliphatic rings. The van der Waals surface area contributed by atoms with Crippen LogP contribution < -0.4 is 14.2 Å². The number of aromatic nitrogens is 4. The van der Waals surface area contributed by atoms with E-state index in [-0.39, 0.29) is 6.79 Å². The second-order valence-corrected chi connectivity index (χ2v) is 7.60. The highest BCUT2D eigenvalue weighted by atomic mass is 16.7. The van der Waals surface area contributed by atoms with Crippen LogP contribution >= 0.6 is 0 Å². The average Bonchev–Trinajstić information content (AvgIpc) is 3.43. The molecule has 158 valence electrons. The molecule has 31 heavy (non-hydrogen) atoms. The quantitative estimate of drug-likeness (QED) is 0.426. The van der Waals surface area contributed by atoms with Crippen molar-refractivity contribution in [3.05, 3.63) is 55.1 Å². The van der Waals surface area contributed by atoms with Gasteiger partial charge in [-0.25, -0.2) is 9.97 Å². The summed E-state index contributed by atoms with van der Waals surface area (Å²) in [4.78, 5) is 15.6. The first-order chi connectivity index (χ1) is 15.2. The molecule has 0 atom stereocenters. The zero-order chi connectivity index (χ0) is 21.2. The SMILES string of the molecule is CN(C)CCCOc1ccc(-c2cn3c(-c4ccc5c(c4)OCO5)cnc3cn2)cn1. The summed E-state index contributed by atoms with van der Waals surface area (Å²) in [5.74, 6) is 2.12. The maximum atomic E-state index is 5.72. The minimum absolute atomic E-state index is 0.252. The lowest BCUT2D eigenvalue weighted by molar-refractivity contribution is 0.174. The molecule has 0 saturated heterocycles. The highest BCUT2D eigenvalue weighted by Crippen LogP contribution is 2.36. The van der Waals surface area contributed by atoms with E-state index >= 15 is 0 Å². The summed E-state index contributed by atoms with van der Waals surface area (Å²) in [7, 11) is 4.10. The molecule has 3 aromatic heterocycles. The number of rotatable bonds is 7. The lowest BCUT2D eigenvalue weighted by Crippen LogP contribution is -2.15.